The zero-order valence-corrected chi connectivity index (χ0v) is 19.5. The van der Waals surface area contributed by atoms with E-state index in [1.807, 2.05) is 0 Å². The Morgan fingerprint density at radius 1 is 1.10 bits per heavy atom. The van der Waals surface area contributed by atoms with Crippen molar-refractivity contribution in [2.75, 3.05) is 18.9 Å². The molecule has 0 heterocycles. The van der Waals surface area contributed by atoms with Gasteiger partial charge < -0.3 is 20.3 Å². The van der Waals surface area contributed by atoms with Crippen LogP contribution in [0.25, 0.3) is 0 Å². The third-order valence-corrected chi connectivity index (χ3v) is 5.90. The minimum absolute atomic E-state index is 0.103. The Kier molecular flexibility index (Phi) is 10.4. The summed E-state index contributed by atoms with van der Waals surface area (Å²) >= 11 is 0. The van der Waals surface area contributed by atoms with Crippen molar-refractivity contribution in [2.45, 2.75) is 66.6 Å². The SMILES string of the molecule is CC(=O)NCCCS(=O)(=O)OCC(C)(C)[C@](O)(C(=O)O)C(OC(=O)C(C)C)C(C)C. The number of esters is 1. The highest BCUT2D eigenvalue weighted by atomic mass is 32.2. The summed E-state index contributed by atoms with van der Waals surface area (Å²) in [6.45, 7) is 9.75. The Labute approximate surface area is 178 Å². The molecule has 1 unspecified atom stereocenters. The molecule has 30 heavy (non-hydrogen) atoms. The number of aliphatic hydroxyl groups is 1. The number of hydrogen-bond donors (Lipinski definition) is 3. The first-order valence-corrected chi connectivity index (χ1v) is 11.3. The van der Waals surface area contributed by atoms with Crippen molar-refractivity contribution in [1.29, 1.82) is 0 Å². The molecule has 0 aromatic rings. The Hall–Kier alpha value is -1.72. The van der Waals surface area contributed by atoms with Crippen molar-refractivity contribution in [2.24, 2.45) is 17.3 Å². The standard InChI is InChI=1S/C19H35NO9S/c1-12(2)15(29-16(22)13(3)4)19(25,17(23)24)18(6,7)11-28-30(26,27)10-8-9-20-14(5)21/h12-13,15,25H,8-11H2,1-7H3,(H,20,21)(H,23,24)/t15?,19-/m1/s1. The highest BCUT2D eigenvalue weighted by Crippen LogP contribution is 2.39. The van der Waals surface area contributed by atoms with Crippen LogP contribution >= 0.6 is 0 Å². The summed E-state index contributed by atoms with van der Waals surface area (Å²) in [5.74, 6) is -4.16. The van der Waals surface area contributed by atoms with Crippen LogP contribution in [0.4, 0.5) is 0 Å². The number of hydrogen-bond acceptors (Lipinski definition) is 8. The van der Waals surface area contributed by atoms with E-state index in [9.17, 15) is 33.0 Å². The van der Waals surface area contributed by atoms with Gasteiger partial charge in [0.25, 0.3) is 10.1 Å². The zero-order valence-electron chi connectivity index (χ0n) is 18.7. The highest BCUT2D eigenvalue weighted by molar-refractivity contribution is 7.86. The minimum Gasteiger partial charge on any atom is -0.479 e. The first kappa shape index (κ1) is 28.3. The van der Waals surface area contributed by atoms with Crippen molar-refractivity contribution in [3.8, 4) is 0 Å². The van der Waals surface area contributed by atoms with Gasteiger partial charge in [-0.05, 0) is 12.3 Å². The van der Waals surface area contributed by atoms with Crippen molar-refractivity contribution < 1.29 is 41.9 Å². The average molecular weight is 454 g/mol. The summed E-state index contributed by atoms with van der Waals surface area (Å²) in [6.07, 6.45) is -1.34. The maximum atomic E-state index is 12.1. The molecule has 0 aliphatic heterocycles. The van der Waals surface area contributed by atoms with Crippen LogP contribution in [0.15, 0.2) is 0 Å². The van der Waals surface area contributed by atoms with Gasteiger partial charge in [-0.2, -0.15) is 8.42 Å². The van der Waals surface area contributed by atoms with Crippen molar-refractivity contribution in [3.63, 3.8) is 0 Å². The van der Waals surface area contributed by atoms with Crippen LogP contribution in [0.5, 0.6) is 0 Å². The summed E-state index contributed by atoms with van der Waals surface area (Å²) < 4.78 is 34.6. The van der Waals surface area contributed by atoms with Crippen LogP contribution in [0, 0.1) is 17.3 Å². The second-order valence-electron chi connectivity index (χ2n) is 8.57. The first-order valence-electron chi connectivity index (χ1n) is 9.75. The lowest BCUT2D eigenvalue weighted by Crippen LogP contribution is -2.64. The molecule has 0 rings (SSSR count). The second-order valence-corrected chi connectivity index (χ2v) is 10.3. The molecule has 0 radical (unpaired) electrons. The van der Waals surface area contributed by atoms with Crippen LogP contribution in [0.2, 0.25) is 0 Å². The summed E-state index contributed by atoms with van der Waals surface area (Å²) in [7, 11) is -4.04. The molecule has 1 amide bonds. The smallest absolute Gasteiger partial charge is 0.340 e. The van der Waals surface area contributed by atoms with Gasteiger partial charge in [-0.25, -0.2) is 4.79 Å². The second kappa shape index (κ2) is 11.1. The van der Waals surface area contributed by atoms with Gasteiger partial charge in [-0.1, -0.05) is 41.5 Å². The van der Waals surface area contributed by atoms with Crippen molar-refractivity contribution in [3.05, 3.63) is 0 Å². The number of carbonyl (C=O) groups excluding carboxylic acids is 2. The molecular formula is C19H35NO9S. The van der Waals surface area contributed by atoms with Gasteiger partial charge in [0, 0.05) is 18.9 Å². The van der Waals surface area contributed by atoms with E-state index in [1.165, 1.54) is 20.8 Å². The van der Waals surface area contributed by atoms with Gasteiger partial charge >= 0.3 is 11.9 Å². The molecule has 0 bridgehead atoms. The van der Waals surface area contributed by atoms with Gasteiger partial charge in [-0.15, -0.1) is 0 Å². The average Bonchev–Trinajstić information content (AvgIpc) is 2.60. The lowest BCUT2D eigenvalue weighted by atomic mass is 9.69. The maximum absolute atomic E-state index is 12.1. The van der Waals surface area contributed by atoms with E-state index in [1.54, 1.807) is 27.7 Å². The molecule has 0 aromatic heterocycles. The number of aliphatic carboxylic acids is 1. The van der Waals surface area contributed by atoms with E-state index in [4.69, 9.17) is 8.92 Å². The number of rotatable bonds is 13. The molecule has 0 fully saturated rings. The predicted molar refractivity (Wildman–Crippen MR) is 109 cm³/mol. The van der Waals surface area contributed by atoms with Crippen LogP contribution < -0.4 is 5.32 Å². The molecule has 0 aromatic carbocycles. The molecule has 0 spiro atoms. The van der Waals surface area contributed by atoms with Crippen LogP contribution in [-0.2, 0) is 33.4 Å². The fourth-order valence-corrected chi connectivity index (χ4v) is 3.77. The number of amides is 1. The molecule has 10 nitrogen and oxygen atoms in total. The third-order valence-electron chi connectivity index (χ3n) is 4.63. The molecule has 0 saturated heterocycles. The molecule has 11 heteroatoms. The minimum atomic E-state index is -4.04. The lowest BCUT2D eigenvalue weighted by Gasteiger charge is -2.44. The number of nitrogens with one attached hydrogen (secondary N) is 1. The summed E-state index contributed by atoms with van der Waals surface area (Å²) in [5, 5.41) is 23.4. The van der Waals surface area contributed by atoms with E-state index >= 15 is 0 Å². The largest absolute Gasteiger partial charge is 0.479 e. The van der Waals surface area contributed by atoms with Gasteiger partial charge in [-0.3, -0.25) is 13.8 Å². The maximum Gasteiger partial charge on any atom is 0.340 e. The molecule has 0 saturated carbocycles. The van der Waals surface area contributed by atoms with E-state index < -0.39 is 63.4 Å². The van der Waals surface area contributed by atoms with Gasteiger partial charge in [0.2, 0.25) is 11.5 Å². The quantitative estimate of drug-likeness (QED) is 0.210. The van der Waals surface area contributed by atoms with Crippen molar-refractivity contribution in [1.82, 2.24) is 5.32 Å². The molecule has 0 aliphatic rings. The Morgan fingerprint density at radius 2 is 1.63 bits per heavy atom. The monoisotopic (exact) mass is 453 g/mol. The Bertz CT molecular complexity index is 716. The van der Waals surface area contributed by atoms with Crippen molar-refractivity contribution >= 4 is 28.0 Å². The number of ether oxygens (including phenoxy) is 1. The van der Waals surface area contributed by atoms with E-state index in [-0.39, 0.29) is 18.9 Å². The zero-order chi connectivity index (χ0) is 23.9. The van der Waals surface area contributed by atoms with Crippen LogP contribution in [0.1, 0.15) is 54.9 Å². The predicted octanol–water partition coefficient (Wildman–Crippen LogP) is 0.925. The fourth-order valence-electron chi connectivity index (χ4n) is 2.68. The molecular weight excluding hydrogens is 418 g/mol. The van der Waals surface area contributed by atoms with Gasteiger partial charge in [0.15, 0.2) is 0 Å². The van der Waals surface area contributed by atoms with Crippen LogP contribution in [0.3, 0.4) is 0 Å². The number of carboxylic acid groups (broad SMARTS) is 1. The van der Waals surface area contributed by atoms with Crippen LogP contribution in [-0.4, -0.2) is 67.1 Å². The number of carbonyl (C=O) groups is 3. The van der Waals surface area contributed by atoms with E-state index in [0.717, 1.165) is 0 Å². The molecule has 176 valence electrons. The first-order chi connectivity index (χ1) is 13.5. The topological polar surface area (TPSA) is 156 Å². The fraction of sp³-hybridized carbons (Fsp3) is 0.842. The Balaban J connectivity index is 5.54. The highest BCUT2D eigenvalue weighted by Gasteiger charge is 2.59. The third kappa shape index (κ3) is 7.84. The molecule has 0 aliphatic carbocycles. The summed E-state index contributed by atoms with van der Waals surface area (Å²) in [6, 6.07) is 0. The molecule has 2 atom stereocenters. The normalized spacial score (nSPS) is 15.5. The summed E-state index contributed by atoms with van der Waals surface area (Å²) in [4.78, 5) is 35.0. The molecule has 3 N–H and O–H groups in total. The van der Waals surface area contributed by atoms with E-state index in [2.05, 4.69) is 5.32 Å². The lowest BCUT2D eigenvalue weighted by molar-refractivity contribution is -0.215. The van der Waals surface area contributed by atoms with Gasteiger partial charge in [0.1, 0.15) is 6.10 Å². The number of carboxylic acids is 1. The summed E-state index contributed by atoms with van der Waals surface area (Å²) in [5.41, 5.74) is -4.26. The van der Waals surface area contributed by atoms with E-state index in [0.29, 0.717) is 0 Å². The van der Waals surface area contributed by atoms with Gasteiger partial charge in [0.05, 0.1) is 18.3 Å². The Morgan fingerprint density at radius 3 is 2.03 bits per heavy atom.